The molecule has 2 heterocycles. The zero-order chi connectivity index (χ0) is 24.4. The zero-order valence-electron chi connectivity index (χ0n) is 19.5. The first-order valence-corrected chi connectivity index (χ1v) is 11.4. The molecule has 0 saturated carbocycles. The quantitative estimate of drug-likeness (QED) is 0.564. The molecule has 8 nitrogen and oxygen atoms in total. The van der Waals surface area contributed by atoms with Gasteiger partial charge in [-0.2, -0.15) is 0 Å². The number of benzene rings is 3. The van der Waals surface area contributed by atoms with E-state index in [9.17, 15) is 9.59 Å². The first-order chi connectivity index (χ1) is 17.1. The molecule has 1 saturated heterocycles. The highest BCUT2D eigenvalue weighted by Crippen LogP contribution is 2.44. The van der Waals surface area contributed by atoms with E-state index >= 15 is 0 Å². The van der Waals surface area contributed by atoms with Gasteiger partial charge in [0.15, 0.2) is 11.5 Å². The van der Waals surface area contributed by atoms with E-state index < -0.39 is 12.0 Å². The van der Waals surface area contributed by atoms with E-state index in [0.717, 1.165) is 5.56 Å². The van der Waals surface area contributed by atoms with Crippen molar-refractivity contribution in [2.75, 3.05) is 31.2 Å². The number of methoxy groups -OCH3 is 2. The lowest BCUT2D eigenvalue weighted by molar-refractivity contribution is -0.125. The van der Waals surface area contributed by atoms with Crippen molar-refractivity contribution >= 4 is 23.2 Å². The van der Waals surface area contributed by atoms with Crippen LogP contribution < -0.4 is 29.2 Å². The number of anilines is 2. The van der Waals surface area contributed by atoms with E-state index in [1.807, 2.05) is 42.5 Å². The number of ether oxygens (including phenoxy) is 4. The van der Waals surface area contributed by atoms with Gasteiger partial charge in [-0.1, -0.05) is 24.3 Å². The van der Waals surface area contributed by atoms with Crippen molar-refractivity contribution in [3.8, 4) is 23.0 Å². The summed E-state index contributed by atoms with van der Waals surface area (Å²) in [7, 11) is 3.16. The Morgan fingerprint density at radius 1 is 0.971 bits per heavy atom. The number of fused-ring (bicyclic) bond motifs is 1. The number of rotatable bonds is 6. The fourth-order valence-corrected chi connectivity index (χ4v) is 4.66. The number of hydrogen-bond donors (Lipinski definition) is 1. The molecule has 180 valence electrons. The summed E-state index contributed by atoms with van der Waals surface area (Å²) in [6, 6.07) is 19.6. The second-order valence-corrected chi connectivity index (χ2v) is 8.35. The highest BCUT2D eigenvalue weighted by atomic mass is 16.7. The van der Waals surface area contributed by atoms with Crippen molar-refractivity contribution in [1.82, 2.24) is 0 Å². The molecule has 0 aromatic heterocycles. The molecule has 0 spiro atoms. The first kappa shape index (κ1) is 22.6. The molecule has 3 aromatic rings. The highest BCUT2D eigenvalue weighted by molar-refractivity contribution is 6.01. The van der Waals surface area contributed by atoms with Crippen molar-refractivity contribution in [2.24, 2.45) is 5.92 Å². The number of hydrogen-bond acceptors (Lipinski definition) is 6. The fraction of sp³-hybridized carbons (Fsp3) is 0.259. The predicted octanol–water partition coefficient (Wildman–Crippen LogP) is 4.56. The number of nitrogens with one attached hydrogen (secondary N) is 1. The lowest BCUT2D eigenvalue weighted by Crippen LogP contribution is -2.47. The summed E-state index contributed by atoms with van der Waals surface area (Å²) in [5, 5.41) is 3.01. The van der Waals surface area contributed by atoms with E-state index in [4.69, 9.17) is 18.9 Å². The van der Waals surface area contributed by atoms with Gasteiger partial charge in [-0.25, -0.2) is 0 Å². The third-order valence-corrected chi connectivity index (χ3v) is 6.39. The summed E-state index contributed by atoms with van der Waals surface area (Å²) in [5.41, 5.74) is 2.06. The van der Waals surface area contributed by atoms with Gasteiger partial charge in [0.25, 0.3) is 0 Å². The molecule has 1 fully saturated rings. The van der Waals surface area contributed by atoms with Gasteiger partial charge in [0.1, 0.15) is 11.5 Å². The normalized spacial score (nSPS) is 18.8. The van der Waals surface area contributed by atoms with Crippen LogP contribution >= 0.6 is 0 Å². The smallest absolute Gasteiger partial charge is 0.231 e. The van der Waals surface area contributed by atoms with Crippen LogP contribution in [0.25, 0.3) is 0 Å². The van der Waals surface area contributed by atoms with E-state index in [2.05, 4.69) is 5.32 Å². The molecule has 0 aliphatic carbocycles. The summed E-state index contributed by atoms with van der Waals surface area (Å²) in [4.78, 5) is 28.6. The summed E-state index contributed by atoms with van der Waals surface area (Å²) in [5.74, 6) is 1.71. The zero-order valence-corrected chi connectivity index (χ0v) is 19.5. The molecule has 8 heteroatoms. The maximum absolute atomic E-state index is 13.6. The molecule has 0 radical (unpaired) electrons. The SMILES string of the molecule is COc1ccc([C@H]2[C@H](C(=O)Nc3ccccc3OC)CCC(=O)N2c2ccc3c(c2)OCO3)cc1. The van der Waals surface area contributed by atoms with E-state index in [-0.39, 0.29) is 25.0 Å². The third kappa shape index (κ3) is 4.35. The molecule has 3 aromatic carbocycles. The van der Waals surface area contributed by atoms with Crippen LogP contribution in [-0.4, -0.2) is 32.8 Å². The van der Waals surface area contributed by atoms with Crippen LogP contribution in [0.1, 0.15) is 24.4 Å². The van der Waals surface area contributed by atoms with Crippen LogP contribution in [0.3, 0.4) is 0 Å². The molecule has 1 N–H and O–H groups in total. The molecule has 35 heavy (non-hydrogen) atoms. The Bertz CT molecular complexity index is 1240. The molecular weight excluding hydrogens is 448 g/mol. The third-order valence-electron chi connectivity index (χ3n) is 6.39. The Balaban J connectivity index is 1.54. The van der Waals surface area contributed by atoms with Crippen LogP contribution in [0.15, 0.2) is 66.7 Å². The number of carbonyl (C=O) groups excluding carboxylic acids is 2. The van der Waals surface area contributed by atoms with E-state index in [0.29, 0.717) is 40.8 Å². The van der Waals surface area contributed by atoms with Crippen molar-refractivity contribution in [1.29, 1.82) is 0 Å². The molecule has 5 rings (SSSR count). The standard InChI is InChI=1S/C27H26N2O6/c1-32-19-10-7-17(8-11-19)26-20(27(31)28-21-5-3-4-6-22(21)33-2)12-14-25(30)29(26)18-9-13-23-24(15-18)35-16-34-23/h3-11,13,15,20,26H,12,14,16H2,1-2H3,(H,28,31)/t20-,26+/m1/s1. The lowest BCUT2D eigenvalue weighted by Gasteiger charge is -2.41. The Hall–Kier alpha value is -4.20. The van der Waals surface area contributed by atoms with Crippen LogP contribution in [0.4, 0.5) is 11.4 Å². The first-order valence-electron chi connectivity index (χ1n) is 11.4. The molecule has 2 atom stereocenters. The summed E-state index contributed by atoms with van der Waals surface area (Å²) in [6.45, 7) is 0.137. The second-order valence-electron chi connectivity index (χ2n) is 8.35. The fourth-order valence-electron chi connectivity index (χ4n) is 4.66. The minimum absolute atomic E-state index is 0.0639. The largest absolute Gasteiger partial charge is 0.497 e. The molecule has 2 aliphatic heterocycles. The number of piperidine rings is 1. The number of nitrogens with zero attached hydrogens (tertiary/aromatic N) is 1. The van der Waals surface area contributed by atoms with E-state index in [1.165, 1.54) is 0 Å². The van der Waals surface area contributed by atoms with Crippen LogP contribution in [0, 0.1) is 5.92 Å². The van der Waals surface area contributed by atoms with Crippen molar-refractivity contribution in [3.63, 3.8) is 0 Å². The number of amides is 2. The van der Waals surface area contributed by atoms with Gasteiger partial charge in [-0.15, -0.1) is 0 Å². The Kier molecular flexibility index (Phi) is 6.18. The van der Waals surface area contributed by atoms with Crippen molar-refractivity contribution in [3.05, 3.63) is 72.3 Å². The van der Waals surface area contributed by atoms with E-state index in [1.54, 1.807) is 43.4 Å². The number of carbonyl (C=O) groups is 2. The van der Waals surface area contributed by atoms with Crippen molar-refractivity contribution in [2.45, 2.75) is 18.9 Å². The Morgan fingerprint density at radius 3 is 2.51 bits per heavy atom. The average Bonchev–Trinajstić information content (AvgIpc) is 3.37. The summed E-state index contributed by atoms with van der Waals surface area (Å²) >= 11 is 0. The topological polar surface area (TPSA) is 86.3 Å². The van der Waals surface area contributed by atoms with Crippen LogP contribution in [-0.2, 0) is 9.59 Å². The summed E-state index contributed by atoms with van der Waals surface area (Å²) < 4.78 is 21.7. The number of para-hydroxylation sites is 2. The van der Waals surface area contributed by atoms with Gasteiger partial charge >= 0.3 is 0 Å². The van der Waals surface area contributed by atoms with Gasteiger partial charge in [-0.3, -0.25) is 9.59 Å². The minimum Gasteiger partial charge on any atom is -0.497 e. The molecule has 2 amide bonds. The van der Waals surface area contributed by atoms with Gasteiger partial charge in [0, 0.05) is 18.2 Å². The molecule has 0 bridgehead atoms. The Morgan fingerprint density at radius 2 is 1.74 bits per heavy atom. The second kappa shape index (κ2) is 9.58. The summed E-state index contributed by atoms with van der Waals surface area (Å²) in [6.07, 6.45) is 0.655. The maximum Gasteiger partial charge on any atom is 0.231 e. The van der Waals surface area contributed by atoms with Crippen LogP contribution in [0.2, 0.25) is 0 Å². The Labute approximate surface area is 203 Å². The monoisotopic (exact) mass is 474 g/mol. The maximum atomic E-state index is 13.6. The van der Waals surface area contributed by atoms with Crippen LogP contribution in [0.5, 0.6) is 23.0 Å². The van der Waals surface area contributed by atoms with Gasteiger partial charge in [0.2, 0.25) is 18.6 Å². The van der Waals surface area contributed by atoms with Crippen molar-refractivity contribution < 1.29 is 28.5 Å². The van der Waals surface area contributed by atoms with Gasteiger partial charge in [0.05, 0.1) is 31.9 Å². The van der Waals surface area contributed by atoms with Gasteiger partial charge in [-0.05, 0) is 48.4 Å². The average molecular weight is 475 g/mol. The molecular formula is C27H26N2O6. The van der Waals surface area contributed by atoms with Gasteiger partial charge < -0.3 is 29.2 Å². The molecule has 2 aliphatic rings. The predicted molar refractivity (Wildman–Crippen MR) is 130 cm³/mol. The minimum atomic E-state index is -0.530. The molecule has 0 unspecified atom stereocenters. The lowest BCUT2D eigenvalue weighted by atomic mass is 9.83. The highest BCUT2D eigenvalue weighted by Gasteiger charge is 2.42.